The van der Waals surface area contributed by atoms with Gasteiger partial charge in [-0.05, 0) is 44.1 Å². The average molecular weight is 280 g/mol. The molecule has 1 heteroatoms. The summed E-state index contributed by atoms with van der Waals surface area (Å²) in [6.45, 7) is 12.6. The van der Waals surface area contributed by atoms with Crippen LogP contribution in [0.25, 0.3) is 0 Å². The molecule has 0 aromatic carbocycles. The Morgan fingerprint density at radius 2 is 1.60 bits per heavy atom. The second kappa shape index (κ2) is 12.3. The lowest BCUT2D eigenvalue weighted by Gasteiger charge is -2.24. The molecule has 0 amide bonds. The minimum atomic E-state index is 0.420. The van der Waals surface area contributed by atoms with Gasteiger partial charge in [-0.25, -0.2) is 0 Å². The third kappa shape index (κ3) is 9.43. The van der Waals surface area contributed by atoms with Gasteiger partial charge in [0.2, 0.25) is 0 Å². The molecule has 0 aliphatic heterocycles. The van der Waals surface area contributed by atoms with Gasteiger partial charge >= 0.3 is 0 Å². The highest BCUT2D eigenvalue weighted by molar-refractivity contribution is 4.91. The molecule has 1 nitrogen and oxygen atoms in total. The number of rotatable bonds is 12. The van der Waals surface area contributed by atoms with Crippen LogP contribution in [0.2, 0.25) is 0 Å². The van der Waals surface area contributed by atoms with Crippen molar-refractivity contribution in [3.63, 3.8) is 0 Å². The van der Waals surface area contributed by atoms with E-state index in [1.165, 1.54) is 51.5 Å². The standard InChI is InChI=1S/C19H37N/c1-7-11-19(12-8-2)20-15-18(10-4)14-17(6)13-16(5)9-3/h3,16-20H,7-8,10-15H2,1-2,4-6H3. The van der Waals surface area contributed by atoms with Crippen LogP contribution in [0.15, 0.2) is 0 Å². The van der Waals surface area contributed by atoms with E-state index in [-0.39, 0.29) is 0 Å². The van der Waals surface area contributed by atoms with E-state index in [0.717, 1.165) is 17.9 Å². The van der Waals surface area contributed by atoms with Crippen molar-refractivity contribution < 1.29 is 0 Å². The second-order valence-corrected chi connectivity index (χ2v) is 6.60. The number of nitrogens with one attached hydrogen (secondary N) is 1. The highest BCUT2D eigenvalue weighted by Crippen LogP contribution is 2.21. The van der Waals surface area contributed by atoms with Gasteiger partial charge in [0.25, 0.3) is 0 Å². The molecule has 3 atom stereocenters. The molecule has 0 rings (SSSR count). The lowest BCUT2D eigenvalue weighted by atomic mass is 9.87. The van der Waals surface area contributed by atoms with Gasteiger partial charge in [-0.1, -0.05) is 53.9 Å². The second-order valence-electron chi connectivity index (χ2n) is 6.60. The zero-order valence-electron chi connectivity index (χ0n) is 14.5. The van der Waals surface area contributed by atoms with Crippen LogP contribution in [0.3, 0.4) is 0 Å². The Labute approximate surface area is 128 Å². The predicted octanol–water partition coefficient (Wildman–Crippen LogP) is 5.26. The minimum Gasteiger partial charge on any atom is -0.314 e. The number of hydrogen-bond acceptors (Lipinski definition) is 1. The molecule has 0 radical (unpaired) electrons. The van der Waals surface area contributed by atoms with E-state index >= 15 is 0 Å². The molecule has 1 N–H and O–H groups in total. The first kappa shape index (κ1) is 19.5. The number of terminal acetylenes is 1. The predicted molar refractivity (Wildman–Crippen MR) is 91.8 cm³/mol. The van der Waals surface area contributed by atoms with Gasteiger partial charge in [0.15, 0.2) is 0 Å². The average Bonchev–Trinajstić information content (AvgIpc) is 2.43. The molecule has 20 heavy (non-hydrogen) atoms. The molecule has 0 heterocycles. The molecular weight excluding hydrogens is 242 g/mol. The summed E-state index contributed by atoms with van der Waals surface area (Å²) in [4.78, 5) is 0. The number of hydrogen-bond donors (Lipinski definition) is 1. The normalized spacial score (nSPS) is 15.8. The Kier molecular flexibility index (Phi) is 12.0. The molecule has 0 aliphatic rings. The van der Waals surface area contributed by atoms with E-state index in [2.05, 4.69) is 45.9 Å². The minimum absolute atomic E-state index is 0.420. The van der Waals surface area contributed by atoms with Gasteiger partial charge in [0, 0.05) is 12.0 Å². The smallest absolute Gasteiger partial charge is 0.0174 e. The Hall–Kier alpha value is -0.480. The van der Waals surface area contributed by atoms with Crippen LogP contribution in [0.1, 0.15) is 79.6 Å². The van der Waals surface area contributed by atoms with Crippen LogP contribution in [-0.2, 0) is 0 Å². The molecule has 0 saturated carbocycles. The molecule has 118 valence electrons. The van der Waals surface area contributed by atoms with Crippen molar-refractivity contribution in [3.8, 4) is 12.3 Å². The van der Waals surface area contributed by atoms with Crippen LogP contribution in [0.4, 0.5) is 0 Å². The van der Waals surface area contributed by atoms with Crippen molar-refractivity contribution in [2.75, 3.05) is 6.54 Å². The van der Waals surface area contributed by atoms with Crippen molar-refractivity contribution in [1.82, 2.24) is 5.32 Å². The van der Waals surface area contributed by atoms with E-state index in [0.29, 0.717) is 5.92 Å². The highest BCUT2D eigenvalue weighted by atomic mass is 14.9. The summed E-state index contributed by atoms with van der Waals surface area (Å²) in [5, 5.41) is 3.80. The summed E-state index contributed by atoms with van der Waals surface area (Å²) in [5.41, 5.74) is 0. The van der Waals surface area contributed by atoms with Crippen LogP contribution in [0, 0.1) is 30.1 Å². The summed E-state index contributed by atoms with van der Waals surface area (Å²) in [6, 6.07) is 0.721. The monoisotopic (exact) mass is 279 g/mol. The van der Waals surface area contributed by atoms with Gasteiger partial charge in [-0.2, -0.15) is 0 Å². The molecule has 0 bridgehead atoms. The first-order valence-corrected chi connectivity index (χ1v) is 8.76. The van der Waals surface area contributed by atoms with Crippen LogP contribution >= 0.6 is 0 Å². The van der Waals surface area contributed by atoms with Crippen LogP contribution in [0.5, 0.6) is 0 Å². The van der Waals surface area contributed by atoms with Crippen molar-refractivity contribution in [3.05, 3.63) is 0 Å². The zero-order chi connectivity index (χ0) is 15.4. The van der Waals surface area contributed by atoms with E-state index in [1.54, 1.807) is 0 Å². The molecule has 0 aromatic rings. The molecule has 0 fully saturated rings. The lowest BCUT2D eigenvalue weighted by Crippen LogP contribution is -2.33. The fourth-order valence-corrected chi connectivity index (χ4v) is 3.11. The van der Waals surface area contributed by atoms with E-state index < -0.39 is 0 Å². The van der Waals surface area contributed by atoms with Crippen molar-refractivity contribution in [2.24, 2.45) is 17.8 Å². The lowest BCUT2D eigenvalue weighted by molar-refractivity contribution is 0.314. The van der Waals surface area contributed by atoms with Gasteiger partial charge in [-0.3, -0.25) is 0 Å². The Morgan fingerprint density at radius 1 is 1.00 bits per heavy atom. The Morgan fingerprint density at radius 3 is 2.05 bits per heavy atom. The molecule has 0 aliphatic carbocycles. The van der Waals surface area contributed by atoms with Crippen LogP contribution < -0.4 is 5.32 Å². The maximum atomic E-state index is 5.49. The molecular formula is C19H37N. The first-order valence-electron chi connectivity index (χ1n) is 8.76. The zero-order valence-corrected chi connectivity index (χ0v) is 14.5. The fraction of sp³-hybridized carbons (Fsp3) is 0.895. The molecule has 0 spiro atoms. The maximum Gasteiger partial charge on any atom is 0.0174 e. The van der Waals surface area contributed by atoms with Gasteiger partial charge in [0.1, 0.15) is 0 Å². The third-order valence-electron chi connectivity index (χ3n) is 4.32. The summed E-state index contributed by atoms with van der Waals surface area (Å²) in [6.07, 6.45) is 14.4. The largest absolute Gasteiger partial charge is 0.314 e. The van der Waals surface area contributed by atoms with E-state index in [1.807, 2.05) is 0 Å². The fourth-order valence-electron chi connectivity index (χ4n) is 3.11. The van der Waals surface area contributed by atoms with Crippen molar-refractivity contribution in [1.29, 1.82) is 0 Å². The third-order valence-corrected chi connectivity index (χ3v) is 4.32. The Balaban J connectivity index is 4.09. The van der Waals surface area contributed by atoms with Crippen molar-refractivity contribution >= 4 is 0 Å². The summed E-state index contributed by atoms with van der Waals surface area (Å²) >= 11 is 0. The molecule has 3 unspecified atom stereocenters. The van der Waals surface area contributed by atoms with E-state index in [4.69, 9.17) is 6.42 Å². The summed E-state index contributed by atoms with van der Waals surface area (Å²) < 4.78 is 0. The van der Waals surface area contributed by atoms with Gasteiger partial charge < -0.3 is 5.32 Å². The van der Waals surface area contributed by atoms with Crippen LogP contribution in [-0.4, -0.2) is 12.6 Å². The maximum absolute atomic E-state index is 5.49. The molecule has 0 saturated heterocycles. The van der Waals surface area contributed by atoms with Crippen molar-refractivity contribution in [2.45, 2.75) is 85.6 Å². The highest BCUT2D eigenvalue weighted by Gasteiger charge is 2.15. The topological polar surface area (TPSA) is 12.0 Å². The van der Waals surface area contributed by atoms with Gasteiger partial charge in [0.05, 0.1) is 0 Å². The van der Waals surface area contributed by atoms with Gasteiger partial charge in [-0.15, -0.1) is 12.3 Å². The SMILES string of the molecule is C#CC(C)CC(C)CC(CC)CNC(CCC)CCC. The van der Waals surface area contributed by atoms with E-state index in [9.17, 15) is 0 Å². The molecule has 0 aromatic heterocycles. The quantitative estimate of drug-likeness (QED) is 0.481. The summed E-state index contributed by atoms with van der Waals surface area (Å²) in [7, 11) is 0. The summed E-state index contributed by atoms with van der Waals surface area (Å²) in [5.74, 6) is 4.81. The first-order chi connectivity index (χ1) is 9.57. The Bertz CT molecular complexity index is 247.